The van der Waals surface area contributed by atoms with Crippen LogP contribution < -0.4 is 0 Å². The van der Waals surface area contributed by atoms with E-state index in [1.807, 2.05) is 0 Å². The molecule has 0 N–H and O–H groups in total. The molecule has 0 amide bonds. The third-order valence-corrected chi connectivity index (χ3v) is 10.1. The van der Waals surface area contributed by atoms with E-state index in [1.165, 1.54) is 57.8 Å². The van der Waals surface area contributed by atoms with Crippen LogP contribution in [0.3, 0.4) is 0 Å². The van der Waals surface area contributed by atoms with Crippen LogP contribution in [0.5, 0.6) is 0 Å². The first-order valence-electron chi connectivity index (χ1n) is 9.52. The highest BCUT2D eigenvalue weighted by Crippen LogP contribution is 2.44. The minimum atomic E-state index is -1.73. The van der Waals surface area contributed by atoms with E-state index in [1.54, 1.807) is 0 Å². The molecule has 0 aliphatic carbocycles. The molecular formula is C20H40OSi. The fraction of sp³-hybridized carbons (Fsp3) is 0.900. The molecule has 0 aromatic carbocycles. The molecule has 1 rings (SSSR count). The normalized spacial score (nSPS) is 27.4. The van der Waals surface area contributed by atoms with Gasteiger partial charge in [-0.25, -0.2) is 0 Å². The molecule has 0 spiro atoms. The molecule has 1 aliphatic heterocycles. The van der Waals surface area contributed by atoms with Crippen molar-refractivity contribution in [3.8, 4) is 0 Å². The number of hydrogen-bond donors (Lipinski definition) is 0. The minimum absolute atomic E-state index is 0.0355. The van der Waals surface area contributed by atoms with Crippen LogP contribution in [-0.2, 0) is 4.43 Å². The maximum absolute atomic E-state index is 6.75. The van der Waals surface area contributed by atoms with Crippen LogP contribution in [-0.4, -0.2) is 13.9 Å². The second-order valence-electron chi connectivity index (χ2n) is 8.95. The molecule has 0 unspecified atom stereocenters. The Hall–Kier alpha value is -0.0831. The topological polar surface area (TPSA) is 9.23 Å². The van der Waals surface area contributed by atoms with Gasteiger partial charge in [-0.3, -0.25) is 0 Å². The lowest BCUT2D eigenvalue weighted by atomic mass is 9.99. The highest BCUT2D eigenvalue weighted by atomic mass is 28.4. The maximum atomic E-state index is 6.75. The predicted molar refractivity (Wildman–Crippen MR) is 102 cm³/mol. The maximum Gasteiger partial charge on any atom is 0.193 e. The van der Waals surface area contributed by atoms with Crippen molar-refractivity contribution in [3.63, 3.8) is 0 Å². The zero-order chi connectivity index (χ0) is 16.7. The van der Waals surface area contributed by atoms with Crippen LogP contribution in [0.15, 0.2) is 12.2 Å². The third kappa shape index (κ3) is 7.00. The van der Waals surface area contributed by atoms with Crippen LogP contribution in [0.2, 0.25) is 18.1 Å². The van der Waals surface area contributed by atoms with E-state index >= 15 is 0 Å². The van der Waals surface area contributed by atoms with Gasteiger partial charge in [0, 0.05) is 0 Å². The zero-order valence-electron chi connectivity index (χ0n) is 16.1. The SMILES string of the molecule is CC1(C)CCCCCCCCCC=CCC(C)(C)[Si](C)(C)O1. The summed E-state index contributed by atoms with van der Waals surface area (Å²) in [5, 5.41) is 0.290. The van der Waals surface area contributed by atoms with Crippen LogP contribution in [0, 0.1) is 0 Å². The Morgan fingerprint density at radius 2 is 1.32 bits per heavy atom. The highest BCUT2D eigenvalue weighted by molar-refractivity contribution is 6.74. The molecule has 0 atom stereocenters. The molecule has 0 saturated carbocycles. The summed E-state index contributed by atoms with van der Waals surface area (Å²) in [7, 11) is -1.73. The number of hydrogen-bond acceptors (Lipinski definition) is 1. The summed E-state index contributed by atoms with van der Waals surface area (Å²) >= 11 is 0. The zero-order valence-corrected chi connectivity index (χ0v) is 17.1. The summed E-state index contributed by atoms with van der Waals surface area (Å²) in [6, 6.07) is 0. The highest BCUT2D eigenvalue weighted by Gasteiger charge is 2.43. The molecule has 1 aliphatic rings. The Bertz CT molecular complexity index is 342. The van der Waals surface area contributed by atoms with Gasteiger partial charge in [-0.05, 0) is 57.7 Å². The number of rotatable bonds is 0. The van der Waals surface area contributed by atoms with Gasteiger partial charge in [0.05, 0.1) is 5.60 Å². The van der Waals surface area contributed by atoms with E-state index in [4.69, 9.17) is 4.43 Å². The van der Waals surface area contributed by atoms with Gasteiger partial charge in [0.2, 0.25) is 0 Å². The minimum Gasteiger partial charge on any atom is -0.412 e. The van der Waals surface area contributed by atoms with Crippen molar-refractivity contribution < 1.29 is 4.43 Å². The Kier molecular flexibility index (Phi) is 7.88. The van der Waals surface area contributed by atoms with Crippen molar-refractivity contribution in [2.75, 3.05) is 0 Å². The summed E-state index contributed by atoms with van der Waals surface area (Å²) < 4.78 is 6.75. The van der Waals surface area contributed by atoms with Crippen molar-refractivity contribution in [1.82, 2.24) is 0 Å². The average molecular weight is 325 g/mol. The number of allylic oxidation sites excluding steroid dienone is 2. The molecule has 1 nitrogen and oxygen atoms in total. The molecule has 0 radical (unpaired) electrons. The first-order valence-corrected chi connectivity index (χ1v) is 12.4. The molecular weight excluding hydrogens is 284 g/mol. The lowest BCUT2D eigenvalue weighted by Gasteiger charge is -2.44. The van der Waals surface area contributed by atoms with E-state index < -0.39 is 8.32 Å². The molecule has 0 saturated heterocycles. The van der Waals surface area contributed by atoms with Gasteiger partial charge in [-0.1, -0.05) is 64.5 Å². The van der Waals surface area contributed by atoms with Crippen molar-refractivity contribution in [2.45, 2.75) is 116 Å². The second-order valence-corrected chi connectivity index (χ2v) is 13.5. The van der Waals surface area contributed by atoms with Crippen molar-refractivity contribution in [3.05, 3.63) is 12.2 Å². The average Bonchev–Trinajstić information content (AvgIpc) is 2.37. The Labute approximate surface area is 141 Å². The predicted octanol–water partition coefficient (Wildman–Crippen LogP) is 7.24. The monoisotopic (exact) mass is 324 g/mol. The van der Waals surface area contributed by atoms with Crippen LogP contribution >= 0.6 is 0 Å². The molecule has 0 fully saturated rings. The van der Waals surface area contributed by atoms with Crippen molar-refractivity contribution in [2.24, 2.45) is 0 Å². The fourth-order valence-electron chi connectivity index (χ4n) is 3.32. The van der Waals surface area contributed by atoms with Gasteiger partial charge in [-0.15, -0.1) is 0 Å². The fourth-order valence-corrected chi connectivity index (χ4v) is 5.69. The Balaban J connectivity index is 2.75. The molecule has 130 valence electrons. The largest absolute Gasteiger partial charge is 0.412 e. The van der Waals surface area contributed by atoms with E-state index in [-0.39, 0.29) is 10.6 Å². The molecule has 22 heavy (non-hydrogen) atoms. The van der Waals surface area contributed by atoms with E-state index in [0.717, 1.165) is 6.42 Å². The van der Waals surface area contributed by atoms with E-state index in [2.05, 4.69) is 52.9 Å². The van der Waals surface area contributed by atoms with Gasteiger partial charge in [0.1, 0.15) is 0 Å². The Morgan fingerprint density at radius 1 is 0.773 bits per heavy atom. The first-order chi connectivity index (χ1) is 10.2. The quantitative estimate of drug-likeness (QED) is 0.337. The van der Waals surface area contributed by atoms with Gasteiger partial charge in [0.15, 0.2) is 8.32 Å². The lowest BCUT2D eigenvalue weighted by Crippen LogP contribution is -2.48. The van der Waals surface area contributed by atoms with E-state index in [9.17, 15) is 0 Å². The first kappa shape index (κ1) is 20.0. The van der Waals surface area contributed by atoms with Crippen molar-refractivity contribution in [1.29, 1.82) is 0 Å². The molecule has 0 bridgehead atoms. The summed E-state index contributed by atoms with van der Waals surface area (Å²) in [5.74, 6) is 0. The van der Waals surface area contributed by atoms with E-state index in [0.29, 0.717) is 0 Å². The standard InChI is InChI=1S/C20H40OSi/c1-19(2)17-15-13-11-9-7-8-10-12-14-16-18-20(3,4)22(5,6)21-19/h14,16H,7-13,15,17-18H2,1-6H3. The van der Waals surface area contributed by atoms with Gasteiger partial charge in [0.25, 0.3) is 0 Å². The third-order valence-electron chi connectivity index (χ3n) is 5.61. The van der Waals surface area contributed by atoms with Gasteiger partial charge < -0.3 is 4.43 Å². The van der Waals surface area contributed by atoms with Crippen LogP contribution in [0.1, 0.15) is 91.9 Å². The summed E-state index contributed by atoms with van der Waals surface area (Å²) in [5.41, 5.74) is 0.0355. The van der Waals surface area contributed by atoms with Crippen LogP contribution in [0.25, 0.3) is 0 Å². The van der Waals surface area contributed by atoms with Crippen molar-refractivity contribution >= 4 is 8.32 Å². The van der Waals surface area contributed by atoms with Gasteiger partial charge >= 0.3 is 0 Å². The van der Waals surface area contributed by atoms with Gasteiger partial charge in [-0.2, -0.15) is 0 Å². The summed E-state index contributed by atoms with van der Waals surface area (Å²) in [4.78, 5) is 0. The molecule has 1 heterocycles. The molecule has 2 heteroatoms. The molecule has 0 aromatic rings. The van der Waals surface area contributed by atoms with Crippen LogP contribution in [0.4, 0.5) is 0 Å². The lowest BCUT2D eigenvalue weighted by molar-refractivity contribution is 0.0784. The Morgan fingerprint density at radius 3 is 1.95 bits per heavy atom. The smallest absolute Gasteiger partial charge is 0.193 e. The summed E-state index contributed by atoms with van der Waals surface area (Å²) in [6.45, 7) is 14.2. The summed E-state index contributed by atoms with van der Waals surface area (Å²) in [6.07, 6.45) is 18.1. The molecule has 0 aromatic heterocycles. The second kappa shape index (κ2) is 8.68.